The van der Waals surface area contributed by atoms with E-state index in [1.165, 1.54) is 38.8 Å². The van der Waals surface area contributed by atoms with Crippen molar-refractivity contribution in [3.05, 3.63) is 0 Å². The maximum atomic E-state index is 3.79. The van der Waals surface area contributed by atoms with Crippen LogP contribution in [0.4, 0.5) is 0 Å². The fraction of sp³-hybridized carbons (Fsp3) is 1.00. The lowest BCUT2D eigenvalue weighted by atomic mass is 9.70. The number of likely N-dealkylation sites (tertiary alicyclic amines) is 1. The lowest BCUT2D eigenvalue weighted by Gasteiger charge is -2.48. The van der Waals surface area contributed by atoms with Crippen molar-refractivity contribution in [2.24, 2.45) is 10.8 Å². The summed E-state index contributed by atoms with van der Waals surface area (Å²) < 4.78 is 0. The summed E-state index contributed by atoms with van der Waals surface area (Å²) >= 11 is 0. The van der Waals surface area contributed by atoms with Crippen LogP contribution in [0.5, 0.6) is 0 Å². The van der Waals surface area contributed by atoms with Crippen molar-refractivity contribution in [1.82, 2.24) is 10.2 Å². The molecule has 18 heavy (non-hydrogen) atoms. The molecule has 1 aliphatic heterocycles. The quantitative estimate of drug-likeness (QED) is 0.829. The van der Waals surface area contributed by atoms with Crippen molar-refractivity contribution in [1.29, 1.82) is 0 Å². The third-order valence-corrected chi connectivity index (χ3v) is 5.15. The van der Waals surface area contributed by atoms with E-state index in [-0.39, 0.29) is 0 Å². The van der Waals surface area contributed by atoms with Gasteiger partial charge in [0.15, 0.2) is 0 Å². The maximum absolute atomic E-state index is 3.79. The van der Waals surface area contributed by atoms with Gasteiger partial charge in [-0.05, 0) is 43.2 Å². The van der Waals surface area contributed by atoms with Gasteiger partial charge < -0.3 is 5.32 Å². The third-order valence-electron chi connectivity index (χ3n) is 5.15. The van der Waals surface area contributed by atoms with Crippen LogP contribution in [0.25, 0.3) is 0 Å². The molecule has 2 atom stereocenters. The molecule has 2 unspecified atom stereocenters. The summed E-state index contributed by atoms with van der Waals surface area (Å²) in [6.07, 6.45) is 5.52. The fourth-order valence-corrected chi connectivity index (χ4v) is 4.07. The van der Waals surface area contributed by atoms with Crippen molar-refractivity contribution in [2.45, 2.75) is 72.4 Å². The minimum Gasteiger partial charge on any atom is -0.312 e. The second-order valence-corrected chi connectivity index (χ2v) is 7.87. The molecule has 0 amide bonds. The van der Waals surface area contributed by atoms with E-state index < -0.39 is 0 Å². The summed E-state index contributed by atoms with van der Waals surface area (Å²) in [5, 5.41) is 3.79. The molecular weight excluding hydrogens is 220 g/mol. The lowest BCUT2D eigenvalue weighted by molar-refractivity contribution is 0.0574. The highest BCUT2D eigenvalue weighted by atomic mass is 15.2. The molecule has 0 radical (unpaired) electrons. The van der Waals surface area contributed by atoms with Gasteiger partial charge >= 0.3 is 0 Å². The number of likely N-dealkylation sites (N-methyl/N-ethyl adjacent to an activating group) is 1. The Balaban J connectivity index is 2.10. The lowest BCUT2D eigenvalue weighted by Crippen LogP contribution is -2.58. The normalized spacial score (nSPS) is 35.8. The summed E-state index contributed by atoms with van der Waals surface area (Å²) in [5.74, 6) is 0. The van der Waals surface area contributed by atoms with Gasteiger partial charge in [-0.25, -0.2) is 0 Å². The van der Waals surface area contributed by atoms with Crippen LogP contribution in [0.3, 0.4) is 0 Å². The molecule has 0 aromatic carbocycles. The van der Waals surface area contributed by atoms with Crippen LogP contribution in [0, 0.1) is 10.8 Å². The van der Waals surface area contributed by atoms with Gasteiger partial charge in [0.25, 0.3) is 0 Å². The topological polar surface area (TPSA) is 15.3 Å². The highest BCUT2D eigenvalue weighted by molar-refractivity contribution is 5.00. The minimum atomic E-state index is 0.450. The van der Waals surface area contributed by atoms with Crippen molar-refractivity contribution in [2.75, 3.05) is 19.6 Å². The largest absolute Gasteiger partial charge is 0.312 e. The van der Waals surface area contributed by atoms with Crippen LogP contribution >= 0.6 is 0 Å². The van der Waals surface area contributed by atoms with Gasteiger partial charge in [-0.2, -0.15) is 0 Å². The zero-order valence-corrected chi connectivity index (χ0v) is 13.1. The van der Waals surface area contributed by atoms with Crippen LogP contribution in [-0.2, 0) is 0 Å². The molecule has 0 aromatic heterocycles. The van der Waals surface area contributed by atoms with Gasteiger partial charge in [-0.15, -0.1) is 0 Å². The molecule has 1 N–H and O–H groups in total. The molecule has 1 aliphatic carbocycles. The van der Waals surface area contributed by atoms with Crippen LogP contribution < -0.4 is 5.32 Å². The second kappa shape index (κ2) is 5.13. The summed E-state index contributed by atoms with van der Waals surface area (Å²) in [6, 6.07) is 1.43. The standard InChI is InChI=1S/C16H32N2/c1-6-17-14-13(8-7-9-16(14,4)5)18-11-10-15(2,3)12-18/h13-14,17H,6-12H2,1-5H3. The smallest absolute Gasteiger partial charge is 0.0274 e. The zero-order valence-electron chi connectivity index (χ0n) is 13.1. The summed E-state index contributed by atoms with van der Waals surface area (Å²) in [4.78, 5) is 2.77. The third kappa shape index (κ3) is 2.91. The van der Waals surface area contributed by atoms with Crippen LogP contribution in [0.2, 0.25) is 0 Å². The predicted octanol–water partition coefficient (Wildman–Crippen LogP) is 3.28. The van der Waals surface area contributed by atoms with Gasteiger partial charge in [0.05, 0.1) is 0 Å². The molecule has 0 aromatic rings. The Morgan fingerprint density at radius 1 is 1.17 bits per heavy atom. The van der Waals surface area contributed by atoms with E-state index >= 15 is 0 Å². The summed E-state index contributed by atoms with van der Waals surface area (Å²) in [7, 11) is 0. The van der Waals surface area contributed by atoms with Gasteiger partial charge in [0, 0.05) is 18.6 Å². The number of rotatable bonds is 3. The Morgan fingerprint density at radius 2 is 1.89 bits per heavy atom. The molecule has 2 nitrogen and oxygen atoms in total. The number of nitrogens with zero attached hydrogens (tertiary/aromatic N) is 1. The summed E-state index contributed by atoms with van der Waals surface area (Å²) in [5.41, 5.74) is 0.976. The molecule has 2 heteroatoms. The van der Waals surface area contributed by atoms with Gasteiger partial charge in [-0.1, -0.05) is 41.0 Å². The zero-order chi connectivity index (χ0) is 13.4. The average molecular weight is 252 g/mol. The molecule has 0 bridgehead atoms. The first-order valence-electron chi connectivity index (χ1n) is 7.83. The molecule has 2 rings (SSSR count). The monoisotopic (exact) mass is 252 g/mol. The number of nitrogens with one attached hydrogen (secondary N) is 1. The Kier molecular flexibility index (Phi) is 4.08. The second-order valence-electron chi connectivity index (χ2n) is 7.87. The number of hydrogen-bond donors (Lipinski definition) is 1. The first-order chi connectivity index (χ1) is 8.36. The van der Waals surface area contributed by atoms with Gasteiger partial charge in [-0.3, -0.25) is 4.90 Å². The Morgan fingerprint density at radius 3 is 2.44 bits per heavy atom. The summed E-state index contributed by atoms with van der Waals surface area (Å²) in [6.45, 7) is 15.7. The van der Waals surface area contributed by atoms with E-state index in [2.05, 4.69) is 44.8 Å². The van der Waals surface area contributed by atoms with Crippen LogP contribution in [-0.4, -0.2) is 36.6 Å². The highest BCUT2D eigenvalue weighted by Gasteiger charge is 2.43. The average Bonchev–Trinajstić information content (AvgIpc) is 2.61. The molecular formula is C16H32N2. The molecule has 1 saturated carbocycles. The number of hydrogen-bond acceptors (Lipinski definition) is 2. The maximum Gasteiger partial charge on any atom is 0.0274 e. The van der Waals surface area contributed by atoms with Crippen molar-refractivity contribution in [3.8, 4) is 0 Å². The van der Waals surface area contributed by atoms with Gasteiger partial charge in [0.1, 0.15) is 0 Å². The van der Waals surface area contributed by atoms with E-state index in [0.29, 0.717) is 16.9 Å². The van der Waals surface area contributed by atoms with Crippen LogP contribution in [0.1, 0.15) is 60.3 Å². The molecule has 2 aliphatic rings. The Labute approximate surface area is 114 Å². The van der Waals surface area contributed by atoms with Crippen molar-refractivity contribution >= 4 is 0 Å². The molecule has 0 spiro atoms. The van der Waals surface area contributed by atoms with Gasteiger partial charge in [0.2, 0.25) is 0 Å². The first-order valence-corrected chi connectivity index (χ1v) is 7.83. The molecule has 2 fully saturated rings. The van der Waals surface area contributed by atoms with Crippen LogP contribution in [0.15, 0.2) is 0 Å². The van der Waals surface area contributed by atoms with Crippen molar-refractivity contribution in [3.63, 3.8) is 0 Å². The van der Waals surface area contributed by atoms with E-state index in [9.17, 15) is 0 Å². The van der Waals surface area contributed by atoms with Crippen molar-refractivity contribution < 1.29 is 0 Å². The predicted molar refractivity (Wildman–Crippen MR) is 78.9 cm³/mol. The van der Waals surface area contributed by atoms with E-state index in [4.69, 9.17) is 0 Å². The molecule has 1 heterocycles. The SMILES string of the molecule is CCNC1C(N2CCC(C)(C)C2)CCCC1(C)C. The Hall–Kier alpha value is -0.0800. The molecule has 106 valence electrons. The fourth-order valence-electron chi connectivity index (χ4n) is 4.07. The first kappa shape index (κ1) is 14.3. The minimum absolute atomic E-state index is 0.450. The van der Waals surface area contributed by atoms with E-state index in [1.54, 1.807) is 0 Å². The molecule has 1 saturated heterocycles. The van der Waals surface area contributed by atoms with E-state index in [1.807, 2.05) is 0 Å². The van der Waals surface area contributed by atoms with E-state index in [0.717, 1.165) is 12.6 Å². The highest BCUT2D eigenvalue weighted by Crippen LogP contribution is 2.40. The Bertz CT molecular complexity index is 283.